The van der Waals surface area contributed by atoms with Crippen molar-refractivity contribution in [2.75, 3.05) is 44.4 Å². The van der Waals surface area contributed by atoms with Crippen molar-refractivity contribution in [1.82, 2.24) is 4.90 Å². The number of likely N-dealkylation sites (N-methyl/N-ethyl adjacent to an activating group) is 1. The molecule has 37 heavy (non-hydrogen) atoms. The lowest BCUT2D eigenvalue weighted by atomic mass is 9.84. The quantitative estimate of drug-likeness (QED) is 0.477. The van der Waals surface area contributed by atoms with Crippen molar-refractivity contribution in [2.45, 2.75) is 65.3 Å². The first-order chi connectivity index (χ1) is 17.6. The van der Waals surface area contributed by atoms with Crippen molar-refractivity contribution in [1.29, 1.82) is 5.41 Å². The van der Waals surface area contributed by atoms with E-state index in [0.717, 1.165) is 54.1 Å². The van der Waals surface area contributed by atoms with Crippen LogP contribution in [0.1, 0.15) is 81.4 Å². The fourth-order valence-electron chi connectivity index (χ4n) is 5.73. The van der Waals surface area contributed by atoms with Gasteiger partial charge in [0.05, 0.1) is 37.5 Å². The first-order valence-corrected chi connectivity index (χ1v) is 13.5. The molecule has 0 amide bonds. The van der Waals surface area contributed by atoms with E-state index in [2.05, 4.69) is 32.6 Å². The number of amidine groups is 1. The summed E-state index contributed by atoms with van der Waals surface area (Å²) in [4.78, 5) is 18.1. The zero-order valence-electron chi connectivity index (χ0n) is 23.0. The summed E-state index contributed by atoms with van der Waals surface area (Å²) in [5, 5.41) is 9.04. The van der Waals surface area contributed by atoms with E-state index in [1.165, 1.54) is 0 Å². The number of rotatable bonds is 8. The molecule has 0 bridgehead atoms. The molecule has 1 fully saturated rings. The lowest BCUT2D eigenvalue weighted by Gasteiger charge is -2.35. The normalized spacial score (nSPS) is 17.4. The van der Waals surface area contributed by atoms with Crippen molar-refractivity contribution < 1.29 is 19.0 Å². The number of benzene rings is 2. The van der Waals surface area contributed by atoms with E-state index in [0.29, 0.717) is 42.7 Å². The van der Waals surface area contributed by atoms with Crippen LogP contribution in [0.4, 0.5) is 5.69 Å². The van der Waals surface area contributed by atoms with Gasteiger partial charge in [0.1, 0.15) is 18.2 Å². The SMILES string of the molecule is CCOc1cc2c(cc1OCC)C1(CC1)N(CC(=O)c1cc3c(c(C(C)(C)C)c1)OCCN3CC)C2=N. The van der Waals surface area contributed by atoms with E-state index in [-0.39, 0.29) is 23.3 Å². The standard InChI is InChI=1S/C30H39N3O4/c1-7-32-12-13-37-27-22(29(4,5)6)14-19(15-23(27)32)24(34)18-33-28(31)20-16-25(35-8-2)26(36-9-3)17-21(20)30(33)10-11-30/h14-17,31H,7-13,18H2,1-6H3. The first-order valence-electron chi connectivity index (χ1n) is 13.5. The van der Waals surface area contributed by atoms with Crippen LogP contribution in [0.3, 0.4) is 0 Å². The van der Waals surface area contributed by atoms with Gasteiger partial charge in [0.15, 0.2) is 17.3 Å². The molecule has 5 rings (SSSR count). The maximum absolute atomic E-state index is 13.9. The Morgan fingerprint density at radius 1 is 1.05 bits per heavy atom. The molecule has 0 aromatic heterocycles. The number of ketones is 1. The third kappa shape index (κ3) is 4.22. The summed E-state index contributed by atoms with van der Waals surface area (Å²) in [6.45, 7) is 16.0. The van der Waals surface area contributed by atoms with Gasteiger partial charge in [-0.15, -0.1) is 0 Å². The van der Waals surface area contributed by atoms with Crippen LogP contribution in [0.2, 0.25) is 0 Å². The van der Waals surface area contributed by atoms with Crippen LogP contribution in [0, 0.1) is 5.41 Å². The Morgan fingerprint density at radius 2 is 1.73 bits per heavy atom. The van der Waals surface area contributed by atoms with Crippen molar-refractivity contribution in [2.24, 2.45) is 0 Å². The number of carbonyl (C=O) groups excluding carboxylic acids is 1. The molecule has 1 saturated carbocycles. The highest BCUT2D eigenvalue weighted by molar-refractivity contribution is 6.07. The molecule has 2 heterocycles. The summed E-state index contributed by atoms with van der Waals surface area (Å²) in [7, 11) is 0. The highest BCUT2D eigenvalue weighted by Gasteiger charge is 2.57. The molecule has 0 radical (unpaired) electrons. The van der Waals surface area contributed by atoms with Gasteiger partial charge in [0.25, 0.3) is 0 Å². The number of carbonyl (C=O) groups is 1. The third-order valence-corrected chi connectivity index (χ3v) is 7.78. The second kappa shape index (κ2) is 9.26. The van der Waals surface area contributed by atoms with Gasteiger partial charge in [0.2, 0.25) is 0 Å². The number of fused-ring (bicyclic) bond motifs is 3. The number of anilines is 1. The van der Waals surface area contributed by atoms with Crippen LogP contribution in [-0.2, 0) is 11.0 Å². The van der Waals surface area contributed by atoms with E-state index >= 15 is 0 Å². The van der Waals surface area contributed by atoms with Gasteiger partial charge >= 0.3 is 0 Å². The lowest BCUT2D eigenvalue weighted by Crippen LogP contribution is -2.38. The van der Waals surface area contributed by atoms with Gasteiger partial charge in [-0.05, 0) is 68.9 Å². The third-order valence-electron chi connectivity index (χ3n) is 7.78. The highest BCUT2D eigenvalue weighted by atomic mass is 16.5. The Labute approximate surface area is 220 Å². The number of ether oxygens (including phenoxy) is 3. The number of hydrogen-bond acceptors (Lipinski definition) is 6. The molecule has 198 valence electrons. The molecule has 2 aromatic rings. The topological polar surface area (TPSA) is 75.1 Å². The molecule has 1 N–H and O–H groups in total. The molecule has 0 atom stereocenters. The maximum Gasteiger partial charge on any atom is 0.182 e. The zero-order chi connectivity index (χ0) is 26.5. The van der Waals surface area contributed by atoms with E-state index in [1.807, 2.05) is 43.0 Å². The number of Topliss-reactive ketones (excluding diaryl/α,β-unsaturated/α-hetero) is 1. The summed E-state index contributed by atoms with van der Waals surface area (Å²) in [5.41, 5.74) is 4.15. The van der Waals surface area contributed by atoms with E-state index in [9.17, 15) is 4.79 Å². The molecule has 7 nitrogen and oxygen atoms in total. The smallest absolute Gasteiger partial charge is 0.182 e. The molecular formula is C30H39N3O4. The van der Waals surface area contributed by atoms with Gasteiger partial charge in [-0.25, -0.2) is 0 Å². The van der Waals surface area contributed by atoms with Crippen LogP contribution in [0.5, 0.6) is 17.2 Å². The number of nitrogens with zero attached hydrogens (tertiary/aromatic N) is 2. The number of nitrogens with one attached hydrogen (secondary N) is 1. The second-order valence-corrected chi connectivity index (χ2v) is 11.2. The van der Waals surface area contributed by atoms with Gasteiger partial charge in [-0.1, -0.05) is 20.8 Å². The number of hydrogen-bond donors (Lipinski definition) is 1. The summed E-state index contributed by atoms with van der Waals surface area (Å²) in [5.74, 6) is 2.66. The molecule has 2 aromatic carbocycles. The fraction of sp³-hybridized carbons (Fsp3) is 0.533. The van der Waals surface area contributed by atoms with Crippen molar-refractivity contribution in [3.05, 3.63) is 46.5 Å². The van der Waals surface area contributed by atoms with E-state index in [4.69, 9.17) is 19.6 Å². The second-order valence-electron chi connectivity index (χ2n) is 11.2. The molecule has 1 aliphatic carbocycles. The Kier molecular flexibility index (Phi) is 6.37. The van der Waals surface area contributed by atoms with Crippen molar-refractivity contribution in [3.63, 3.8) is 0 Å². The fourth-order valence-corrected chi connectivity index (χ4v) is 5.73. The summed E-state index contributed by atoms with van der Waals surface area (Å²) >= 11 is 0. The Hall–Kier alpha value is -3.22. The Morgan fingerprint density at radius 3 is 2.32 bits per heavy atom. The lowest BCUT2D eigenvalue weighted by molar-refractivity contribution is 0.0943. The molecule has 0 unspecified atom stereocenters. The molecule has 0 saturated heterocycles. The van der Waals surface area contributed by atoms with Crippen molar-refractivity contribution >= 4 is 17.3 Å². The first kappa shape index (κ1) is 25.4. The summed E-state index contributed by atoms with van der Waals surface area (Å²) in [6.07, 6.45) is 1.84. The molecule has 7 heteroatoms. The van der Waals surface area contributed by atoms with E-state index < -0.39 is 0 Å². The highest BCUT2D eigenvalue weighted by Crippen LogP contribution is 2.58. The predicted molar refractivity (Wildman–Crippen MR) is 146 cm³/mol. The average molecular weight is 506 g/mol. The molecule has 3 aliphatic rings. The minimum Gasteiger partial charge on any atom is -0.490 e. The summed E-state index contributed by atoms with van der Waals surface area (Å²) < 4.78 is 17.8. The minimum absolute atomic E-state index is 0.0221. The monoisotopic (exact) mass is 505 g/mol. The van der Waals surface area contributed by atoms with Crippen LogP contribution in [0.25, 0.3) is 0 Å². The van der Waals surface area contributed by atoms with Crippen molar-refractivity contribution in [3.8, 4) is 17.2 Å². The maximum atomic E-state index is 13.9. The largest absolute Gasteiger partial charge is 0.490 e. The Balaban J connectivity index is 1.50. The zero-order valence-corrected chi connectivity index (χ0v) is 23.0. The average Bonchev–Trinajstić information content (AvgIpc) is 3.64. The summed E-state index contributed by atoms with van der Waals surface area (Å²) in [6, 6.07) is 7.95. The Bertz CT molecular complexity index is 1240. The molecular weight excluding hydrogens is 466 g/mol. The molecule has 2 aliphatic heterocycles. The van der Waals surface area contributed by atoms with E-state index in [1.54, 1.807) is 0 Å². The van der Waals surface area contributed by atoms with Crippen LogP contribution >= 0.6 is 0 Å². The van der Waals surface area contributed by atoms with Crippen LogP contribution < -0.4 is 19.1 Å². The van der Waals surface area contributed by atoms with Gasteiger partial charge in [-0.2, -0.15) is 0 Å². The van der Waals surface area contributed by atoms with Gasteiger partial charge in [0, 0.05) is 23.2 Å². The predicted octanol–water partition coefficient (Wildman–Crippen LogP) is 5.51. The van der Waals surface area contributed by atoms with Crippen LogP contribution in [0.15, 0.2) is 24.3 Å². The minimum atomic E-state index is -0.307. The molecule has 1 spiro atoms. The van der Waals surface area contributed by atoms with Gasteiger partial charge in [-0.3, -0.25) is 10.2 Å². The van der Waals surface area contributed by atoms with Crippen LogP contribution in [-0.4, -0.2) is 56.0 Å². The van der Waals surface area contributed by atoms with Gasteiger partial charge < -0.3 is 24.0 Å².